The van der Waals surface area contributed by atoms with Crippen molar-refractivity contribution >= 4 is 47.0 Å². The molecule has 0 radical (unpaired) electrons. The summed E-state index contributed by atoms with van der Waals surface area (Å²) in [4.78, 5) is 7.49. The minimum absolute atomic E-state index is 0.285. The molecule has 6 heteroatoms. The third kappa shape index (κ3) is 1.98. The van der Waals surface area contributed by atoms with E-state index in [0.29, 0.717) is 5.84 Å². The molecular weight excluding hydrogens is 270 g/mol. The smallest absolute Gasteiger partial charge is 0.156 e. The van der Waals surface area contributed by atoms with Crippen LogP contribution in [-0.2, 0) is 0 Å². The first kappa shape index (κ1) is 12.9. The molecule has 0 bridgehead atoms. The van der Waals surface area contributed by atoms with E-state index in [2.05, 4.69) is 11.1 Å². The van der Waals surface area contributed by atoms with Gasteiger partial charge in [-0.2, -0.15) is 0 Å². The van der Waals surface area contributed by atoms with Gasteiger partial charge in [0.2, 0.25) is 0 Å². The Morgan fingerprint density at radius 1 is 1.06 bits per heavy atom. The van der Waals surface area contributed by atoms with Crippen LogP contribution < -0.4 is 5.73 Å². The van der Waals surface area contributed by atoms with Gasteiger partial charge < -0.3 is 5.73 Å². The van der Waals surface area contributed by atoms with Gasteiger partial charge in [-0.05, 0) is 24.8 Å². The summed E-state index contributed by atoms with van der Waals surface area (Å²) in [6.07, 6.45) is 6.10. The lowest BCUT2D eigenvalue weighted by molar-refractivity contribution is 1.16. The monoisotopic (exact) mass is 283 g/mol. The number of aliphatic imine (C=N–C) groups is 1. The summed E-state index contributed by atoms with van der Waals surface area (Å²) in [7, 11) is 0. The maximum Gasteiger partial charge on any atom is 0.156 e. The number of benzene rings is 1. The number of fused-ring (bicyclic) bond motifs is 1. The molecule has 3 N–H and O–H groups in total. The Hall–Kier alpha value is -0.590. The fraction of sp³-hybridized carbons (Fsp3) is 0.273. The van der Waals surface area contributed by atoms with E-state index in [0.717, 1.165) is 20.9 Å². The number of nitrogens with two attached hydrogens (primary N) is 1. The van der Waals surface area contributed by atoms with E-state index >= 15 is 0 Å². The minimum Gasteiger partial charge on any atom is -0.383 e. The molecule has 1 heterocycles. The maximum absolute atomic E-state index is 7.95. The zero-order valence-electron chi connectivity index (χ0n) is 9.83. The second kappa shape index (κ2) is 4.96. The van der Waals surface area contributed by atoms with Crippen molar-refractivity contribution in [3.05, 3.63) is 17.2 Å². The van der Waals surface area contributed by atoms with Gasteiger partial charge in [0.1, 0.15) is 5.84 Å². The third-order valence-corrected chi connectivity index (χ3v) is 5.06. The first-order valence-corrected chi connectivity index (χ1v) is 8.57. The van der Waals surface area contributed by atoms with Crippen molar-refractivity contribution in [2.45, 2.75) is 14.7 Å². The summed E-state index contributed by atoms with van der Waals surface area (Å²) < 4.78 is 0. The van der Waals surface area contributed by atoms with Crippen molar-refractivity contribution in [2.75, 3.05) is 18.8 Å². The van der Waals surface area contributed by atoms with E-state index in [1.165, 1.54) is 4.90 Å². The van der Waals surface area contributed by atoms with Crippen LogP contribution in [0.3, 0.4) is 0 Å². The SMILES string of the molecule is CSc1cc(SC)c2c(c1SC)C(=N)N=C2N. The van der Waals surface area contributed by atoms with Crippen molar-refractivity contribution in [1.82, 2.24) is 0 Å². The van der Waals surface area contributed by atoms with Crippen molar-refractivity contribution in [1.29, 1.82) is 5.41 Å². The average molecular weight is 283 g/mol. The number of amidine groups is 2. The van der Waals surface area contributed by atoms with Crippen LogP contribution in [-0.4, -0.2) is 30.4 Å². The van der Waals surface area contributed by atoms with Crippen LogP contribution in [0.25, 0.3) is 0 Å². The van der Waals surface area contributed by atoms with E-state index in [4.69, 9.17) is 11.1 Å². The standard InChI is InChI=1S/C11H13N3S3/c1-15-5-4-6(16-2)9(17-3)8-7(5)10(12)14-11(8)13/h4H,1-3H3,(H3,12,13,14). The van der Waals surface area contributed by atoms with E-state index in [1.807, 2.05) is 18.8 Å². The van der Waals surface area contributed by atoms with E-state index in [-0.39, 0.29) is 5.84 Å². The summed E-state index contributed by atoms with van der Waals surface area (Å²) in [6, 6.07) is 2.14. The van der Waals surface area contributed by atoms with Crippen molar-refractivity contribution in [2.24, 2.45) is 10.7 Å². The van der Waals surface area contributed by atoms with Gasteiger partial charge in [0.25, 0.3) is 0 Å². The summed E-state index contributed by atoms with van der Waals surface area (Å²) in [5.41, 5.74) is 7.74. The Bertz CT molecular complexity index is 523. The first-order valence-electron chi connectivity index (χ1n) is 4.90. The van der Waals surface area contributed by atoms with Crippen LogP contribution in [0.5, 0.6) is 0 Å². The van der Waals surface area contributed by atoms with E-state index in [9.17, 15) is 0 Å². The number of hydrogen-bond donors (Lipinski definition) is 2. The molecule has 0 saturated heterocycles. The van der Waals surface area contributed by atoms with Gasteiger partial charge in [-0.1, -0.05) is 0 Å². The Morgan fingerprint density at radius 3 is 2.24 bits per heavy atom. The normalized spacial score (nSPS) is 13.8. The lowest BCUT2D eigenvalue weighted by Crippen LogP contribution is -2.12. The van der Waals surface area contributed by atoms with Crippen LogP contribution in [0, 0.1) is 5.41 Å². The molecule has 0 atom stereocenters. The molecule has 2 rings (SSSR count). The molecule has 1 aliphatic rings. The van der Waals surface area contributed by atoms with Gasteiger partial charge in [0.05, 0.1) is 0 Å². The molecule has 90 valence electrons. The fourth-order valence-corrected chi connectivity index (χ4v) is 4.25. The molecular formula is C11H13N3S3. The number of nitrogens with one attached hydrogen (secondary N) is 1. The minimum atomic E-state index is 0.285. The van der Waals surface area contributed by atoms with Gasteiger partial charge in [-0.25, -0.2) is 4.99 Å². The summed E-state index contributed by atoms with van der Waals surface area (Å²) in [5.74, 6) is 0.755. The fourth-order valence-electron chi connectivity index (χ4n) is 1.84. The molecule has 3 nitrogen and oxygen atoms in total. The largest absolute Gasteiger partial charge is 0.383 e. The molecule has 0 amide bonds. The molecule has 1 aromatic rings. The van der Waals surface area contributed by atoms with E-state index < -0.39 is 0 Å². The zero-order chi connectivity index (χ0) is 12.6. The molecule has 0 saturated carbocycles. The third-order valence-electron chi connectivity index (χ3n) is 2.58. The molecule has 1 aliphatic heterocycles. The molecule has 17 heavy (non-hydrogen) atoms. The second-order valence-electron chi connectivity index (χ2n) is 3.41. The predicted octanol–water partition coefficient (Wildman–Crippen LogP) is 2.90. The number of rotatable bonds is 3. The number of hydrogen-bond acceptors (Lipinski definition) is 5. The Morgan fingerprint density at radius 2 is 1.71 bits per heavy atom. The van der Waals surface area contributed by atoms with Gasteiger partial charge in [0.15, 0.2) is 5.84 Å². The molecule has 1 aromatic carbocycles. The lowest BCUT2D eigenvalue weighted by atomic mass is 10.1. The van der Waals surface area contributed by atoms with Crippen LogP contribution in [0.2, 0.25) is 0 Å². The summed E-state index contributed by atoms with van der Waals surface area (Å²) >= 11 is 5.00. The van der Waals surface area contributed by atoms with Gasteiger partial charge in [0, 0.05) is 25.8 Å². The quantitative estimate of drug-likeness (QED) is 0.837. The molecule has 0 fully saturated rings. The second-order valence-corrected chi connectivity index (χ2v) is 5.92. The van der Waals surface area contributed by atoms with E-state index in [1.54, 1.807) is 35.3 Å². The molecule has 0 aliphatic carbocycles. The summed E-state index contributed by atoms with van der Waals surface area (Å²) in [5, 5.41) is 7.95. The van der Waals surface area contributed by atoms with Crippen LogP contribution in [0.1, 0.15) is 11.1 Å². The Kier molecular flexibility index (Phi) is 3.75. The van der Waals surface area contributed by atoms with Crippen molar-refractivity contribution < 1.29 is 0 Å². The Balaban J connectivity index is 2.79. The highest BCUT2D eigenvalue weighted by atomic mass is 32.2. The number of nitrogens with zero attached hydrogens (tertiary/aromatic N) is 1. The molecule has 0 unspecified atom stereocenters. The van der Waals surface area contributed by atoms with Gasteiger partial charge in [-0.3, -0.25) is 5.41 Å². The highest BCUT2D eigenvalue weighted by Crippen LogP contribution is 2.40. The highest BCUT2D eigenvalue weighted by Gasteiger charge is 2.27. The maximum atomic E-state index is 7.95. The van der Waals surface area contributed by atoms with Crippen LogP contribution in [0.4, 0.5) is 0 Å². The highest BCUT2D eigenvalue weighted by molar-refractivity contribution is 8.01. The first-order chi connectivity index (χ1) is 8.13. The predicted molar refractivity (Wildman–Crippen MR) is 79.3 cm³/mol. The summed E-state index contributed by atoms with van der Waals surface area (Å²) in [6.45, 7) is 0. The zero-order valence-corrected chi connectivity index (χ0v) is 12.3. The Labute approximate surface area is 114 Å². The van der Waals surface area contributed by atoms with Crippen LogP contribution >= 0.6 is 35.3 Å². The van der Waals surface area contributed by atoms with Crippen LogP contribution in [0.15, 0.2) is 25.7 Å². The lowest BCUT2D eigenvalue weighted by Gasteiger charge is -2.14. The van der Waals surface area contributed by atoms with Crippen molar-refractivity contribution in [3.63, 3.8) is 0 Å². The van der Waals surface area contributed by atoms with Gasteiger partial charge >= 0.3 is 0 Å². The van der Waals surface area contributed by atoms with Crippen molar-refractivity contribution in [3.8, 4) is 0 Å². The molecule has 0 spiro atoms. The average Bonchev–Trinajstić information content (AvgIpc) is 2.63. The van der Waals surface area contributed by atoms with Gasteiger partial charge in [-0.15, -0.1) is 35.3 Å². The topological polar surface area (TPSA) is 62.2 Å². The number of thioether (sulfide) groups is 3. The molecule has 0 aromatic heterocycles.